The Morgan fingerprint density at radius 3 is 2.50 bits per heavy atom. The van der Waals surface area contributed by atoms with Gasteiger partial charge in [0.05, 0.1) is 11.9 Å². The molecule has 1 heterocycles. The fraction of sp³-hybridized carbons (Fsp3) is 0.250. The molecule has 0 unspecified atom stereocenters. The molecule has 3 nitrogen and oxygen atoms in total. The van der Waals surface area contributed by atoms with Gasteiger partial charge in [0.25, 0.3) is 0 Å². The average Bonchev–Trinajstić information content (AvgIpc) is 2.07. The second kappa shape index (κ2) is 3.65. The van der Waals surface area contributed by atoms with E-state index >= 15 is 0 Å². The van der Waals surface area contributed by atoms with Crippen molar-refractivity contribution in [2.75, 3.05) is 5.32 Å². The fourth-order valence-corrected chi connectivity index (χ4v) is 0.744. The largest absolute Gasteiger partial charge is 0.471 e. The zero-order chi connectivity index (χ0) is 10.8. The van der Waals surface area contributed by atoms with Crippen molar-refractivity contribution in [3.05, 3.63) is 24.0 Å². The first-order valence-corrected chi connectivity index (χ1v) is 3.70. The van der Waals surface area contributed by atoms with Crippen LogP contribution in [0.3, 0.4) is 0 Å². The van der Waals surface area contributed by atoms with Crippen molar-refractivity contribution >= 4 is 11.6 Å². The normalized spacial score (nSPS) is 11.1. The van der Waals surface area contributed by atoms with Gasteiger partial charge in [0, 0.05) is 5.69 Å². The summed E-state index contributed by atoms with van der Waals surface area (Å²) < 4.78 is 35.3. The van der Waals surface area contributed by atoms with E-state index in [0.717, 1.165) is 0 Å². The lowest BCUT2D eigenvalue weighted by molar-refractivity contribution is -0.167. The Morgan fingerprint density at radius 1 is 1.43 bits per heavy atom. The summed E-state index contributed by atoms with van der Waals surface area (Å²) in [5, 5.41) is 1.68. The summed E-state index contributed by atoms with van der Waals surface area (Å²) in [6.45, 7) is 1.69. The quantitative estimate of drug-likeness (QED) is 0.758. The molecular formula is C8H7F3N2O. The van der Waals surface area contributed by atoms with Crippen LogP contribution in [0.2, 0.25) is 0 Å². The molecule has 0 atom stereocenters. The van der Waals surface area contributed by atoms with E-state index in [0.29, 0.717) is 5.69 Å². The van der Waals surface area contributed by atoms with Crippen molar-refractivity contribution in [2.45, 2.75) is 13.1 Å². The van der Waals surface area contributed by atoms with Crippen LogP contribution in [0.1, 0.15) is 5.69 Å². The number of hydrogen-bond donors (Lipinski definition) is 1. The molecule has 0 aliphatic rings. The predicted molar refractivity (Wildman–Crippen MR) is 43.7 cm³/mol. The minimum atomic E-state index is -4.87. The molecule has 1 aromatic rings. The van der Waals surface area contributed by atoms with Gasteiger partial charge in [0.1, 0.15) is 0 Å². The van der Waals surface area contributed by atoms with Crippen LogP contribution in [0.15, 0.2) is 18.3 Å². The summed E-state index contributed by atoms with van der Waals surface area (Å²) >= 11 is 0. The first kappa shape index (κ1) is 10.5. The van der Waals surface area contributed by atoms with Gasteiger partial charge in [-0.25, -0.2) is 0 Å². The van der Waals surface area contributed by atoms with E-state index in [1.807, 2.05) is 0 Å². The van der Waals surface area contributed by atoms with Gasteiger partial charge in [-0.3, -0.25) is 9.78 Å². The number of alkyl halides is 3. The third kappa shape index (κ3) is 2.72. The average molecular weight is 204 g/mol. The Balaban J connectivity index is 2.71. The molecule has 0 aliphatic heterocycles. The molecule has 1 amide bonds. The smallest absolute Gasteiger partial charge is 0.317 e. The van der Waals surface area contributed by atoms with Gasteiger partial charge in [-0.15, -0.1) is 0 Å². The van der Waals surface area contributed by atoms with Crippen molar-refractivity contribution < 1.29 is 18.0 Å². The molecule has 0 fully saturated rings. The number of pyridine rings is 1. The Hall–Kier alpha value is -1.59. The van der Waals surface area contributed by atoms with Crippen LogP contribution in [-0.4, -0.2) is 17.1 Å². The number of carbonyl (C=O) groups is 1. The van der Waals surface area contributed by atoms with E-state index in [9.17, 15) is 18.0 Å². The minimum Gasteiger partial charge on any atom is -0.317 e. The topological polar surface area (TPSA) is 42.0 Å². The van der Waals surface area contributed by atoms with Crippen LogP contribution < -0.4 is 5.32 Å². The Labute approximate surface area is 78.0 Å². The van der Waals surface area contributed by atoms with Gasteiger partial charge in [0.15, 0.2) is 0 Å². The SMILES string of the molecule is Cc1ccc(NC(=O)C(F)(F)F)cn1. The number of hydrogen-bond acceptors (Lipinski definition) is 2. The van der Waals surface area contributed by atoms with Crippen molar-refractivity contribution in [2.24, 2.45) is 0 Å². The zero-order valence-electron chi connectivity index (χ0n) is 7.22. The molecule has 0 spiro atoms. The summed E-state index contributed by atoms with van der Waals surface area (Å²) in [5.74, 6) is -2.00. The lowest BCUT2D eigenvalue weighted by Crippen LogP contribution is -2.29. The number of nitrogens with zero attached hydrogens (tertiary/aromatic N) is 1. The highest BCUT2D eigenvalue weighted by atomic mass is 19.4. The Morgan fingerprint density at radius 2 is 2.07 bits per heavy atom. The van der Waals surface area contributed by atoms with E-state index in [4.69, 9.17) is 0 Å². The monoisotopic (exact) mass is 204 g/mol. The maximum atomic E-state index is 11.8. The van der Waals surface area contributed by atoms with E-state index < -0.39 is 12.1 Å². The second-order valence-corrected chi connectivity index (χ2v) is 2.64. The summed E-state index contributed by atoms with van der Waals surface area (Å²) in [4.78, 5) is 14.2. The van der Waals surface area contributed by atoms with Crippen LogP contribution in [-0.2, 0) is 4.79 Å². The Bertz CT molecular complexity index is 331. The van der Waals surface area contributed by atoms with Crippen molar-refractivity contribution in [1.29, 1.82) is 0 Å². The zero-order valence-corrected chi connectivity index (χ0v) is 7.22. The van der Waals surface area contributed by atoms with Gasteiger partial charge < -0.3 is 5.32 Å². The number of rotatable bonds is 1. The number of halogens is 3. The van der Waals surface area contributed by atoms with Crippen LogP contribution in [0.5, 0.6) is 0 Å². The Kier molecular flexibility index (Phi) is 2.73. The van der Waals surface area contributed by atoms with Gasteiger partial charge in [0.2, 0.25) is 0 Å². The molecule has 6 heteroatoms. The van der Waals surface area contributed by atoms with Crippen LogP contribution in [0.4, 0.5) is 18.9 Å². The molecule has 1 aromatic heterocycles. The van der Waals surface area contributed by atoms with Crippen molar-refractivity contribution in [1.82, 2.24) is 4.98 Å². The highest BCUT2D eigenvalue weighted by Gasteiger charge is 2.38. The molecule has 0 radical (unpaired) electrons. The summed E-state index contributed by atoms with van der Waals surface area (Å²) in [6.07, 6.45) is -3.70. The number of aryl methyl sites for hydroxylation is 1. The predicted octanol–water partition coefficient (Wildman–Crippen LogP) is 1.89. The van der Waals surface area contributed by atoms with Gasteiger partial charge >= 0.3 is 12.1 Å². The maximum Gasteiger partial charge on any atom is 0.471 e. The fourth-order valence-electron chi connectivity index (χ4n) is 0.744. The molecule has 0 aromatic carbocycles. The first-order chi connectivity index (χ1) is 6.39. The van der Waals surface area contributed by atoms with E-state index in [2.05, 4.69) is 4.98 Å². The maximum absolute atomic E-state index is 11.8. The molecule has 0 saturated carbocycles. The second-order valence-electron chi connectivity index (χ2n) is 2.64. The van der Waals surface area contributed by atoms with Gasteiger partial charge in [-0.2, -0.15) is 13.2 Å². The van der Waals surface area contributed by atoms with Gasteiger partial charge in [-0.05, 0) is 19.1 Å². The van der Waals surface area contributed by atoms with Crippen LogP contribution in [0, 0.1) is 6.92 Å². The number of aromatic nitrogens is 1. The van der Waals surface area contributed by atoms with Gasteiger partial charge in [-0.1, -0.05) is 0 Å². The molecule has 0 aliphatic carbocycles. The van der Waals surface area contributed by atoms with Crippen molar-refractivity contribution in [3.8, 4) is 0 Å². The molecule has 1 rings (SSSR count). The third-order valence-electron chi connectivity index (χ3n) is 1.43. The summed E-state index contributed by atoms with van der Waals surface area (Å²) in [6, 6.07) is 2.86. The molecule has 0 saturated heterocycles. The summed E-state index contributed by atoms with van der Waals surface area (Å²) in [5.41, 5.74) is 0.688. The standard InChI is InChI=1S/C8H7F3N2O/c1-5-2-3-6(4-12-5)13-7(14)8(9,10)11/h2-4H,1H3,(H,13,14). The minimum absolute atomic E-state index is 0.0259. The molecule has 1 N–H and O–H groups in total. The third-order valence-corrected chi connectivity index (χ3v) is 1.43. The van der Waals surface area contributed by atoms with E-state index in [1.165, 1.54) is 18.3 Å². The van der Waals surface area contributed by atoms with E-state index in [1.54, 1.807) is 12.2 Å². The number of nitrogens with one attached hydrogen (secondary N) is 1. The molecular weight excluding hydrogens is 197 g/mol. The van der Waals surface area contributed by atoms with Crippen LogP contribution >= 0.6 is 0 Å². The number of anilines is 1. The van der Waals surface area contributed by atoms with Crippen molar-refractivity contribution in [3.63, 3.8) is 0 Å². The highest BCUT2D eigenvalue weighted by molar-refractivity contribution is 5.94. The highest BCUT2D eigenvalue weighted by Crippen LogP contribution is 2.17. The number of carbonyl (C=O) groups excluding carboxylic acids is 1. The molecule has 14 heavy (non-hydrogen) atoms. The first-order valence-electron chi connectivity index (χ1n) is 3.70. The lowest BCUT2D eigenvalue weighted by Gasteiger charge is -2.07. The molecule has 0 bridgehead atoms. The lowest BCUT2D eigenvalue weighted by atomic mass is 10.3. The van der Waals surface area contributed by atoms with E-state index in [-0.39, 0.29) is 5.69 Å². The van der Waals surface area contributed by atoms with Crippen LogP contribution in [0.25, 0.3) is 0 Å². The molecule has 76 valence electrons. The summed E-state index contributed by atoms with van der Waals surface area (Å²) in [7, 11) is 0. The number of amides is 1.